The fourth-order valence-electron chi connectivity index (χ4n) is 3.06. The maximum atomic E-state index is 11.0. The summed E-state index contributed by atoms with van der Waals surface area (Å²) in [7, 11) is 1.69. The van der Waals surface area contributed by atoms with E-state index in [0.717, 1.165) is 50.2 Å². The summed E-state index contributed by atoms with van der Waals surface area (Å²) in [4.78, 5) is 13.5. The number of carbonyl (C=O) groups excluding carboxylic acids is 1. The van der Waals surface area contributed by atoms with Gasteiger partial charge in [-0.2, -0.15) is 0 Å². The van der Waals surface area contributed by atoms with Crippen LogP contribution in [0.1, 0.15) is 42.1 Å². The Bertz CT molecular complexity index is 456. The number of rotatable bonds is 7. The molecule has 0 aromatic heterocycles. The Morgan fingerprint density at radius 1 is 1.38 bits per heavy atom. The topological polar surface area (TPSA) is 41.6 Å². The zero-order valence-electron chi connectivity index (χ0n) is 13.1. The van der Waals surface area contributed by atoms with E-state index in [0.29, 0.717) is 11.6 Å². The van der Waals surface area contributed by atoms with Crippen LogP contribution >= 0.6 is 0 Å². The third kappa shape index (κ3) is 4.29. The van der Waals surface area contributed by atoms with Crippen LogP contribution in [0.5, 0.6) is 5.75 Å². The van der Waals surface area contributed by atoms with Crippen molar-refractivity contribution in [2.45, 2.75) is 38.8 Å². The zero-order chi connectivity index (χ0) is 15.1. The molecule has 0 bridgehead atoms. The second-order valence-corrected chi connectivity index (χ2v) is 5.64. The van der Waals surface area contributed by atoms with Gasteiger partial charge in [-0.1, -0.05) is 6.92 Å². The van der Waals surface area contributed by atoms with E-state index in [1.807, 2.05) is 18.2 Å². The van der Waals surface area contributed by atoms with Crippen molar-refractivity contribution in [2.75, 3.05) is 26.7 Å². The smallest absolute Gasteiger partial charge is 0.150 e. The van der Waals surface area contributed by atoms with Crippen LogP contribution in [0.2, 0.25) is 0 Å². The summed E-state index contributed by atoms with van der Waals surface area (Å²) in [5.41, 5.74) is 1.82. The number of ether oxygens (including phenoxy) is 1. The summed E-state index contributed by atoms with van der Waals surface area (Å²) in [6, 6.07) is 6.28. The fourth-order valence-corrected chi connectivity index (χ4v) is 3.06. The first-order valence-corrected chi connectivity index (χ1v) is 7.85. The molecule has 1 aliphatic rings. The van der Waals surface area contributed by atoms with Gasteiger partial charge in [0, 0.05) is 23.7 Å². The van der Waals surface area contributed by atoms with E-state index in [1.54, 1.807) is 7.11 Å². The molecule has 1 N–H and O–H groups in total. The molecule has 0 spiro atoms. The van der Waals surface area contributed by atoms with Gasteiger partial charge in [-0.3, -0.25) is 9.69 Å². The number of hydrogen-bond acceptors (Lipinski definition) is 4. The molecule has 0 atom stereocenters. The highest BCUT2D eigenvalue weighted by Gasteiger charge is 2.21. The molecule has 0 amide bonds. The Balaban J connectivity index is 2.16. The Morgan fingerprint density at radius 3 is 2.76 bits per heavy atom. The number of nitrogens with zero attached hydrogens (tertiary/aromatic N) is 1. The Morgan fingerprint density at radius 2 is 2.14 bits per heavy atom. The SMILES string of the molecule is CCCN(Cc1cc(C=O)ccc1OC)C1CCNCC1. The predicted octanol–water partition coefficient (Wildman–Crippen LogP) is 2.47. The Hall–Kier alpha value is -1.39. The molecule has 1 saturated heterocycles. The second kappa shape index (κ2) is 8.15. The molecule has 0 unspecified atom stereocenters. The van der Waals surface area contributed by atoms with Crippen LogP contribution in [-0.4, -0.2) is 44.0 Å². The quantitative estimate of drug-likeness (QED) is 0.783. The molecule has 0 saturated carbocycles. The molecule has 2 rings (SSSR count). The van der Waals surface area contributed by atoms with Crippen molar-refractivity contribution >= 4 is 6.29 Å². The number of methoxy groups -OCH3 is 1. The minimum Gasteiger partial charge on any atom is -0.496 e. The fraction of sp³-hybridized carbons (Fsp3) is 0.588. The third-order valence-electron chi connectivity index (χ3n) is 4.15. The standard InChI is InChI=1S/C17H26N2O2/c1-3-10-19(16-6-8-18-9-7-16)12-15-11-14(13-20)4-5-17(15)21-2/h4-5,11,13,16,18H,3,6-10,12H2,1-2H3. The first kappa shape index (κ1) is 16.0. The number of nitrogens with one attached hydrogen (secondary N) is 1. The van der Waals surface area contributed by atoms with Crippen LogP contribution in [0.15, 0.2) is 18.2 Å². The number of benzene rings is 1. The van der Waals surface area contributed by atoms with Crippen molar-refractivity contribution in [1.82, 2.24) is 10.2 Å². The molecule has 1 aromatic rings. The summed E-state index contributed by atoms with van der Waals surface area (Å²) in [6.07, 6.45) is 4.42. The van der Waals surface area contributed by atoms with Crippen LogP contribution in [-0.2, 0) is 6.54 Å². The molecule has 1 heterocycles. The number of carbonyl (C=O) groups is 1. The van der Waals surface area contributed by atoms with Gasteiger partial charge in [-0.05, 0) is 57.1 Å². The lowest BCUT2D eigenvalue weighted by Crippen LogP contribution is -2.43. The van der Waals surface area contributed by atoms with Crippen molar-refractivity contribution in [3.63, 3.8) is 0 Å². The average Bonchev–Trinajstić information content (AvgIpc) is 2.55. The van der Waals surface area contributed by atoms with E-state index in [-0.39, 0.29) is 0 Å². The minimum absolute atomic E-state index is 0.621. The lowest BCUT2D eigenvalue weighted by molar-refractivity contribution is 0.112. The molecule has 4 heteroatoms. The lowest BCUT2D eigenvalue weighted by atomic mass is 10.0. The summed E-state index contributed by atoms with van der Waals surface area (Å²) in [5.74, 6) is 0.871. The lowest BCUT2D eigenvalue weighted by Gasteiger charge is -2.34. The molecule has 21 heavy (non-hydrogen) atoms. The number of aldehydes is 1. The van der Waals surface area contributed by atoms with Crippen LogP contribution in [0.4, 0.5) is 0 Å². The highest BCUT2D eigenvalue weighted by molar-refractivity contribution is 5.75. The first-order valence-electron chi connectivity index (χ1n) is 7.85. The van der Waals surface area contributed by atoms with Crippen molar-refractivity contribution in [1.29, 1.82) is 0 Å². The van der Waals surface area contributed by atoms with Gasteiger partial charge < -0.3 is 10.1 Å². The van der Waals surface area contributed by atoms with Crippen LogP contribution in [0, 0.1) is 0 Å². The van der Waals surface area contributed by atoms with Gasteiger partial charge in [0.05, 0.1) is 7.11 Å². The maximum Gasteiger partial charge on any atom is 0.150 e. The molecular formula is C17H26N2O2. The highest BCUT2D eigenvalue weighted by Crippen LogP contribution is 2.24. The molecule has 0 radical (unpaired) electrons. The Labute approximate surface area is 127 Å². The van der Waals surface area contributed by atoms with E-state index in [2.05, 4.69) is 17.1 Å². The maximum absolute atomic E-state index is 11.0. The van der Waals surface area contributed by atoms with E-state index in [9.17, 15) is 4.79 Å². The number of hydrogen-bond donors (Lipinski definition) is 1. The summed E-state index contributed by atoms with van der Waals surface area (Å²) in [5, 5.41) is 3.42. The van der Waals surface area contributed by atoms with Gasteiger partial charge >= 0.3 is 0 Å². The van der Waals surface area contributed by atoms with Gasteiger partial charge in [0.2, 0.25) is 0 Å². The summed E-state index contributed by atoms with van der Waals surface area (Å²) < 4.78 is 5.46. The van der Waals surface area contributed by atoms with Crippen molar-refractivity contribution in [3.8, 4) is 5.75 Å². The van der Waals surface area contributed by atoms with Gasteiger partial charge in [-0.25, -0.2) is 0 Å². The third-order valence-corrected chi connectivity index (χ3v) is 4.15. The monoisotopic (exact) mass is 290 g/mol. The molecular weight excluding hydrogens is 264 g/mol. The number of piperidine rings is 1. The highest BCUT2D eigenvalue weighted by atomic mass is 16.5. The van der Waals surface area contributed by atoms with Gasteiger partial charge in [-0.15, -0.1) is 0 Å². The predicted molar refractivity (Wildman–Crippen MR) is 85.0 cm³/mol. The van der Waals surface area contributed by atoms with Crippen LogP contribution < -0.4 is 10.1 Å². The van der Waals surface area contributed by atoms with Crippen molar-refractivity contribution in [2.24, 2.45) is 0 Å². The van der Waals surface area contributed by atoms with E-state index >= 15 is 0 Å². The van der Waals surface area contributed by atoms with Crippen molar-refractivity contribution < 1.29 is 9.53 Å². The van der Waals surface area contributed by atoms with E-state index in [1.165, 1.54) is 12.8 Å². The normalized spacial score (nSPS) is 16.1. The molecule has 1 aromatic carbocycles. The largest absolute Gasteiger partial charge is 0.496 e. The van der Waals surface area contributed by atoms with E-state index in [4.69, 9.17) is 4.74 Å². The zero-order valence-corrected chi connectivity index (χ0v) is 13.1. The molecule has 116 valence electrons. The van der Waals surface area contributed by atoms with Crippen LogP contribution in [0.3, 0.4) is 0 Å². The molecule has 1 aliphatic heterocycles. The molecule has 4 nitrogen and oxygen atoms in total. The summed E-state index contributed by atoms with van der Waals surface area (Å²) >= 11 is 0. The summed E-state index contributed by atoms with van der Waals surface area (Å²) in [6.45, 7) is 6.34. The van der Waals surface area contributed by atoms with Gasteiger partial charge in [0.15, 0.2) is 0 Å². The first-order chi connectivity index (χ1) is 10.3. The van der Waals surface area contributed by atoms with Gasteiger partial charge in [0.25, 0.3) is 0 Å². The van der Waals surface area contributed by atoms with Crippen molar-refractivity contribution in [3.05, 3.63) is 29.3 Å². The van der Waals surface area contributed by atoms with Crippen LogP contribution in [0.25, 0.3) is 0 Å². The Kier molecular flexibility index (Phi) is 6.21. The average molecular weight is 290 g/mol. The van der Waals surface area contributed by atoms with Gasteiger partial charge in [0.1, 0.15) is 12.0 Å². The molecule has 0 aliphatic carbocycles. The second-order valence-electron chi connectivity index (χ2n) is 5.64. The molecule has 1 fully saturated rings. The van der Waals surface area contributed by atoms with E-state index < -0.39 is 0 Å². The minimum atomic E-state index is 0.621.